The molecule has 0 aromatic heterocycles. The fourth-order valence-corrected chi connectivity index (χ4v) is 4.81. The van der Waals surface area contributed by atoms with Crippen LogP contribution in [0.25, 0.3) is 0 Å². The number of nitrogens with one attached hydrogen (secondary N) is 1. The highest BCUT2D eigenvalue weighted by molar-refractivity contribution is 14.1. The molecule has 3 rings (SSSR count). The number of ether oxygens (including phenoxy) is 2. The first kappa shape index (κ1) is 28.6. The average Bonchev–Trinajstić information content (AvgIpc) is 2.89. The highest BCUT2D eigenvalue weighted by atomic mass is 127. The van der Waals surface area contributed by atoms with Gasteiger partial charge in [0, 0.05) is 44.7 Å². The van der Waals surface area contributed by atoms with Gasteiger partial charge in [0.1, 0.15) is 18.0 Å². The van der Waals surface area contributed by atoms with Crippen molar-refractivity contribution in [2.24, 2.45) is 0 Å². The number of hydrogen-bond acceptors (Lipinski definition) is 7. The SMILES string of the molecule is CCC=CC(=O)N(CCN1CCOCC1)C1CC(C(=O)NCCO)=CC(Oc2ccccc2I)C1O. The Bertz CT molecular complexity index is 934. The summed E-state index contributed by atoms with van der Waals surface area (Å²) >= 11 is 2.16. The first-order valence-electron chi connectivity index (χ1n) is 12.4. The minimum absolute atomic E-state index is 0.115. The van der Waals surface area contributed by atoms with Gasteiger partial charge in [-0.05, 0) is 53.3 Å². The Hall–Kier alpha value is -1.99. The van der Waals surface area contributed by atoms with E-state index < -0.39 is 18.2 Å². The van der Waals surface area contributed by atoms with E-state index >= 15 is 0 Å². The van der Waals surface area contributed by atoms with Gasteiger partial charge in [-0.25, -0.2) is 0 Å². The Balaban J connectivity index is 1.88. The summed E-state index contributed by atoms with van der Waals surface area (Å²) in [6, 6.07) is 6.78. The number of halogens is 1. The molecule has 36 heavy (non-hydrogen) atoms. The third kappa shape index (κ3) is 8.01. The van der Waals surface area contributed by atoms with E-state index in [4.69, 9.17) is 14.6 Å². The lowest BCUT2D eigenvalue weighted by Gasteiger charge is -2.41. The summed E-state index contributed by atoms with van der Waals surface area (Å²) in [5.41, 5.74) is 0.415. The van der Waals surface area contributed by atoms with E-state index in [9.17, 15) is 14.7 Å². The van der Waals surface area contributed by atoms with Gasteiger partial charge in [0.25, 0.3) is 0 Å². The second-order valence-corrected chi connectivity index (χ2v) is 9.90. The van der Waals surface area contributed by atoms with Gasteiger partial charge < -0.3 is 29.9 Å². The third-order valence-corrected chi connectivity index (χ3v) is 7.15. The van der Waals surface area contributed by atoms with Gasteiger partial charge in [0.15, 0.2) is 0 Å². The molecule has 0 spiro atoms. The molecular formula is C26H36IN3O6. The number of para-hydroxylation sites is 1. The molecule has 0 radical (unpaired) electrons. The lowest BCUT2D eigenvalue weighted by Crippen LogP contribution is -2.56. The molecule has 3 unspecified atom stereocenters. The number of rotatable bonds is 11. The summed E-state index contributed by atoms with van der Waals surface area (Å²) in [6.45, 7) is 5.79. The normalized spacial score (nSPS) is 22.8. The van der Waals surface area contributed by atoms with Crippen LogP contribution in [0.5, 0.6) is 5.75 Å². The number of carbonyl (C=O) groups excluding carboxylic acids is 2. The van der Waals surface area contributed by atoms with Crippen molar-refractivity contribution in [1.82, 2.24) is 15.1 Å². The zero-order valence-electron chi connectivity index (χ0n) is 20.6. The molecule has 198 valence electrons. The summed E-state index contributed by atoms with van der Waals surface area (Å²) in [5.74, 6) is 0.0347. The van der Waals surface area contributed by atoms with Gasteiger partial charge in [0.2, 0.25) is 11.8 Å². The summed E-state index contributed by atoms with van der Waals surface area (Å²) in [4.78, 5) is 30.0. The van der Waals surface area contributed by atoms with Crippen molar-refractivity contribution in [3.8, 4) is 5.75 Å². The van der Waals surface area contributed by atoms with Crippen LogP contribution in [-0.2, 0) is 14.3 Å². The van der Waals surface area contributed by atoms with Crippen LogP contribution in [-0.4, -0.2) is 103 Å². The molecule has 1 saturated heterocycles. The predicted molar refractivity (Wildman–Crippen MR) is 145 cm³/mol. The van der Waals surface area contributed by atoms with Crippen LogP contribution in [0.2, 0.25) is 0 Å². The van der Waals surface area contributed by atoms with Crippen molar-refractivity contribution in [3.05, 3.63) is 51.6 Å². The van der Waals surface area contributed by atoms with E-state index in [1.54, 1.807) is 17.1 Å². The van der Waals surface area contributed by atoms with E-state index in [1.807, 2.05) is 31.2 Å². The monoisotopic (exact) mass is 613 g/mol. The summed E-state index contributed by atoms with van der Waals surface area (Å²) in [5, 5.41) is 23.3. The Kier molecular flexibility index (Phi) is 11.6. The first-order valence-corrected chi connectivity index (χ1v) is 13.5. The van der Waals surface area contributed by atoms with Crippen LogP contribution in [0.4, 0.5) is 0 Å². The summed E-state index contributed by atoms with van der Waals surface area (Å²) < 4.78 is 12.5. The fourth-order valence-electron chi connectivity index (χ4n) is 4.29. The highest BCUT2D eigenvalue weighted by Gasteiger charge is 2.40. The van der Waals surface area contributed by atoms with E-state index in [-0.39, 0.29) is 31.4 Å². The number of allylic oxidation sites excluding steroid dienone is 1. The minimum Gasteiger partial charge on any atom is -0.482 e. The summed E-state index contributed by atoms with van der Waals surface area (Å²) in [6.07, 6.45) is 3.98. The van der Waals surface area contributed by atoms with E-state index in [0.29, 0.717) is 44.0 Å². The largest absolute Gasteiger partial charge is 0.482 e. The number of carbonyl (C=O) groups is 2. The van der Waals surface area contributed by atoms with Gasteiger partial charge in [0.05, 0.1) is 29.4 Å². The van der Waals surface area contributed by atoms with E-state index in [2.05, 4.69) is 32.8 Å². The zero-order valence-corrected chi connectivity index (χ0v) is 22.8. The summed E-state index contributed by atoms with van der Waals surface area (Å²) in [7, 11) is 0. The molecule has 1 aromatic rings. The molecule has 0 saturated carbocycles. The van der Waals surface area contributed by atoms with Gasteiger partial charge in [-0.2, -0.15) is 0 Å². The van der Waals surface area contributed by atoms with Gasteiger partial charge in [-0.15, -0.1) is 0 Å². The average molecular weight is 613 g/mol. The fraction of sp³-hybridized carbons (Fsp3) is 0.538. The maximum absolute atomic E-state index is 13.3. The molecule has 1 aliphatic carbocycles. The molecule has 2 aliphatic rings. The van der Waals surface area contributed by atoms with Crippen LogP contribution in [0.3, 0.4) is 0 Å². The zero-order chi connectivity index (χ0) is 25.9. The second-order valence-electron chi connectivity index (χ2n) is 8.74. The topological polar surface area (TPSA) is 112 Å². The van der Waals surface area contributed by atoms with Crippen LogP contribution >= 0.6 is 22.6 Å². The molecule has 1 heterocycles. The van der Waals surface area contributed by atoms with Gasteiger partial charge >= 0.3 is 0 Å². The van der Waals surface area contributed by atoms with Crippen LogP contribution in [0.15, 0.2) is 48.1 Å². The first-order chi connectivity index (χ1) is 17.4. The lowest BCUT2D eigenvalue weighted by molar-refractivity contribution is -0.134. The molecular weight excluding hydrogens is 577 g/mol. The van der Waals surface area contributed by atoms with Crippen LogP contribution in [0, 0.1) is 3.57 Å². The van der Waals surface area contributed by atoms with Crippen molar-refractivity contribution in [2.45, 2.75) is 38.0 Å². The molecule has 9 nitrogen and oxygen atoms in total. The molecule has 0 bridgehead atoms. The second kappa shape index (κ2) is 14.7. The number of morpholine rings is 1. The number of amides is 2. The van der Waals surface area contributed by atoms with Crippen LogP contribution in [0.1, 0.15) is 19.8 Å². The maximum Gasteiger partial charge on any atom is 0.247 e. The van der Waals surface area contributed by atoms with Gasteiger partial charge in [-0.1, -0.05) is 25.1 Å². The predicted octanol–water partition coefficient (Wildman–Crippen LogP) is 1.33. The van der Waals surface area contributed by atoms with Crippen LogP contribution < -0.4 is 10.1 Å². The molecule has 3 N–H and O–H groups in total. The van der Waals surface area contributed by atoms with Crippen molar-refractivity contribution in [3.63, 3.8) is 0 Å². The molecule has 1 aromatic carbocycles. The van der Waals surface area contributed by atoms with Crippen molar-refractivity contribution in [1.29, 1.82) is 0 Å². The Morgan fingerprint density at radius 3 is 2.75 bits per heavy atom. The van der Waals surface area contributed by atoms with Crippen molar-refractivity contribution < 1.29 is 29.3 Å². The number of benzene rings is 1. The highest BCUT2D eigenvalue weighted by Crippen LogP contribution is 2.29. The molecule has 1 fully saturated rings. The number of hydrogen-bond donors (Lipinski definition) is 3. The third-order valence-electron chi connectivity index (χ3n) is 6.25. The van der Waals surface area contributed by atoms with E-state index in [1.165, 1.54) is 6.08 Å². The molecule has 3 atom stereocenters. The maximum atomic E-state index is 13.3. The molecule has 1 aliphatic heterocycles. The lowest BCUT2D eigenvalue weighted by atomic mass is 9.88. The Morgan fingerprint density at radius 1 is 1.31 bits per heavy atom. The smallest absolute Gasteiger partial charge is 0.247 e. The van der Waals surface area contributed by atoms with E-state index in [0.717, 1.165) is 16.7 Å². The van der Waals surface area contributed by atoms with Crippen molar-refractivity contribution >= 4 is 34.4 Å². The van der Waals surface area contributed by atoms with Crippen molar-refractivity contribution in [2.75, 3.05) is 52.5 Å². The Labute approximate surface area is 226 Å². The minimum atomic E-state index is -1.04. The Morgan fingerprint density at radius 2 is 2.06 bits per heavy atom. The van der Waals surface area contributed by atoms with Gasteiger partial charge in [-0.3, -0.25) is 14.5 Å². The number of nitrogens with zero attached hydrogens (tertiary/aromatic N) is 2. The number of aliphatic hydroxyl groups excluding tert-OH is 2. The number of aliphatic hydroxyl groups is 2. The standard InChI is InChI=1S/C26H36IN3O6/c1-2-3-8-24(32)30(11-10-29-12-15-35-16-13-29)21-17-19(26(34)28-9-14-31)18-23(25(21)33)36-22-7-5-4-6-20(22)27/h3-8,18,21,23,25,31,33H,2,9-17H2,1H3,(H,28,34). The molecule has 2 amide bonds. The molecule has 10 heteroatoms. The quantitative estimate of drug-likeness (QED) is 0.255.